The number of hydrogen-bond acceptors (Lipinski definition) is 7. The maximum absolute atomic E-state index is 14.5. The predicted molar refractivity (Wildman–Crippen MR) is 203 cm³/mol. The zero-order chi connectivity index (χ0) is 37.9. The largest absolute Gasteiger partial charge is 0.508 e. The smallest absolute Gasteiger partial charge is 0.328 e. The van der Waals surface area contributed by atoms with Gasteiger partial charge >= 0.3 is 5.97 Å². The molecule has 276 valence electrons. The molecule has 9 nitrogen and oxygen atoms in total. The van der Waals surface area contributed by atoms with Crippen molar-refractivity contribution in [3.63, 3.8) is 0 Å². The molecule has 54 heavy (non-hydrogen) atoms. The van der Waals surface area contributed by atoms with Gasteiger partial charge in [-0.05, 0) is 82.6 Å². The van der Waals surface area contributed by atoms with E-state index in [2.05, 4.69) is 29.3 Å². The number of likely N-dealkylation sites (N-methyl/N-ethyl adjacent to an activating group) is 1. The summed E-state index contributed by atoms with van der Waals surface area (Å²) in [6.45, 7) is 2.51. The first kappa shape index (κ1) is 36.4. The Labute approximate surface area is 313 Å². The number of anilines is 1. The van der Waals surface area contributed by atoms with Gasteiger partial charge in [-0.15, -0.1) is 0 Å². The Morgan fingerprint density at radius 2 is 1.59 bits per heavy atom. The summed E-state index contributed by atoms with van der Waals surface area (Å²) in [5.41, 5.74) is 6.77. The van der Waals surface area contributed by atoms with Gasteiger partial charge in [0.15, 0.2) is 0 Å². The lowest BCUT2D eigenvalue weighted by Gasteiger charge is -2.42. The normalized spacial score (nSPS) is 17.8. The Bertz CT molecular complexity index is 2140. The fourth-order valence-corrected chi connectivity index (χ4v) is 7.53. The molecule has 0 aromatic heterocycles. The number of esters is 1. The van der Waals surface area contributed by atoms with Crippen molar-refractivity contribution in [3.05, 3.63) is 149 Å². The Morgan fingerprint density at radius 1 is 0.926 bits per heavy atom. The number of rotatable bonds is 10. The second-order valence-corrected chi connectivity index (χ2v) is 13.8. The number of nitrogens with one attached hydrogen (secondary N) is 1. The molecule has 0 unspecified atom stereocenters. The molecular weight excluding hydrogens is 685 g/mol. The fraction of sp³-hybridized carbons (Fsp3) is 0.250. The molecule has 0 bridgehead atoms. The van der Waals surface area contributed by atoms with Crippen LogP contribution < -0.4 is 15.0 Å². The van der Waals surface area contributed by atoms with Crippen LogP contribution in [0.2, 0.25) is 0 Å². The summed E-state index contributed by atoms with van der Waals surface area (Å²) in [5.74, 6) is -0.764. The molecule has 4 atom stereocenters. The third kappa shape index (κ3) is 7.43. The summed E-state index contributed by atoms with van der Waals surface area (Å²) in [6.07, 6.45) is 0.398. The van der Waals surface area contributed by atoms with Crippen molar-refractivity contribution < 1.29 is 33.4 Å². The van der Waals surface area contributed by atoms with Gasteiger partial charge in [-0.25, -0.2) is 9.18 Å². The van der Waals surface area contributed by atoms with Crippen LogP contribution in [0.1, 0.15) is 53.3 Å². The topological polar surface area (TPSA) is 108 Å². The highest BCUT2D eigenvalue weighted by molar-refractivity contribution is 6.00. The zero-order valence-corrected chi connectivity index (χ0v) is 30.4. The average Bonchev–Trinajstić information content (AvgIpc) is 3.19. The molecule has 2 aliphatic heterocycles. The van der Waals surface area contributed by atoms with Crippen LogP contribution in [0, 0.1) is 5.82 Å². The van der Waals surface area contributed by atoms with Crippen molar-refractivity contribution in [1.29, 1.82) is 0 Å². The van der Waals surface area contributed by atoms with E-state index >= 15 is 0 Å². The first-order valence-corrected chi connectivity index (χ1v) is 18.1. The predicted octanol–water partition coefficient (Wildman–Crippen LogP) is 7.07. The molecule has 7 rings (SSSR count). The number of fused-ring (bicyclic) bond motifs is 2. The third-order valence-electron chi connectivity index (χ3n) is 10.5. The van der Waals surface area contributed by atoms with E-state index in [1.165, 1.54) is 31.4 Å². The third-order valence-corrected chi connectivity index (χ3v) is 10.5. The monoisotopic (exact) mass is 727 g/mol. The minimum absolute atomic E-state index is 0.0995. The van der Waals surface area contributed by atoms with Crippen molar-refractivity contribution in [3.8, 4) is 22.6 Å². The Hall–Kier alpha value is -6.00. The van der Waals surface area contributed by atoms with Crippen LogP contribution in [0.15, 0.2) is 115 Å². The summed E-state index contributed by atoms with van der Waals surface area (Å²) < 4.78 is 25.0. The van der Waals surface area contributed by atoms with Crippen molar-refractivity contribution in [1.82, 2.24) is 10.2 Å². The number of nitrogens with zero attached hydrogens (tertiary/aromatic N) is 2. The summed E-state index contributed by atoms with van der Waals surface area (Å²) in [5, 5.41) is 12.8. The number of phenolic OH excluding ortho intramolecular Hbond substituents is 1. The van der Waals surface area contributed by atoms with Crippen LogP contribution in [-0.4, -0.2) is 54.0 Å². The number of carbonyl (C=O) groups excluding carboxylic acids is 3. The second-order valence-electron chi connectivity index (χ2n) is 13.8. The van der Waals surface area contributed by atoms with E-state index in [0.29, 0.717) is 30.0 Å². The first-order chi connectivity index (χ1) is 26.1. The van der Waals surface area contributed by atoms with Crippen LogP contribution in [-0.2, 0) is 38.5 Å². The Morgan fingerprint density at radius 3 is 2.24 bits per heavy atom. The summed E-state index contributed by atoms with van der Waals surface area (Å²) in [7, 11) is 3.01. The van der Waals surface area contributed by atoms with E-state index in [4.69, 9.17) is 9.47 Å². The molecule has 0 saturated heterocycles. The van der Waals surface area contributed by atoms with Gasteiger partial charge in [0.25, 0.3) is 5.91 Å². The number of halogens is 1. The summed E-state index contributed by atoms with van der Waals surface area (Å²) in [6, 6.07) is 32.5. The summed E-state index contributed by atoms with van der Waals surface area (Å²) in [4.78, 5) is 44.9. The Balaban J connectivity index is 1.18. The molecule has 5 aromatic rings. The minimum Gasteiger partial charge on any atom is -0.508 e. The van der Waals surface area contributed by atoms with Gasteiger partial charge in [0.05, 0.1) is 18.8 Å². The second kappa shape index (κ2) is 15.5. The zero-order valence-electron chi connectivity index (χ0n) is 30.4. The number of phenols is 1. The van der Waals surface area contributed by atoms with Crippen molar-refractivity contribution in [2.75, 3.05) is 19.1 Å². The van der Waals surface area contributed by atoms with Crippen LogP contribution in [0.4, 0.5) is 10.1 Å². The minimum atomic E-state index is -0.947. The number of hydrogen-bond donors (Lipinski definition) is 2. The van der Waals surface area contributed by atoms with Crippen molar-refractivity contribution in [2.24, 2.45) is 0 Å². The lowest BCUT2D eigenvalue weighted by Crippen LogP contribution is -2.55. The molecule has 0 saturated carbocycles. The van der Waals surface area contributed by atoms with Crippen molar-refractivity contribution in [2.45, 2.75) is 57.0 Å². The lowest BCUT2D eigenvalue weighted by molar-refractivity contribution is -0.146. The number of benzene rings is 5. The van der Waals surface area contributed by atoms with E-state index < -0.39 is 24.2 Å². The van der Waals surface area contributed by atoms with Gasteiger partial charge in [-0.1, -0.05) is 85.8 Å². The van der Waals surface area contributed by atoms with Crippen molar-refractivity contribution >= 4 is 23.5 Å². The lowest BCUT2D eigenvalue weighted by atomic mass is 9.88. The molecule has 0 fully saturated rings. The Kier molecular flexibility index (Phi) is 10.5. The SMILES string of the molecule is CC[C@@H](c1ccccc1)N1Cc2cc3c(cc2C[C@H]1C(=O)N[C@@H](Cc1ccc(-c2ccc(F)cc2)cc1)C(=O)OC)N(C)C(=O)[C@@H](c1ccc(O)cc1)O3. The van der Waals surface area contributed by atoms with Crippen LogP contribution >= 0.6 is 0 Å². The molecular formula is C44H42FN3O6. The van der Waals surface area contributed by atoms with Gasteiger partial charge in [-0.3, -0.25) is 14.5 Å². The van der Waals surface area contributed by atoms with Gasteiger partial charge < -0.3 is 24.8 Å². The number of aromatic hydroxyl groups is 1. The maximum Gasteiger partial charge on any atom is 0.328 e. The standard InChI is InChI=1S/C44H42FN3O6/c1-4-37(30-8-6-5-7-9-30)48-26-33-25-40-38(47(2)43(51)41(54-40)31-16-20-35(49)21-17-31)23-32(33)24-39(48)42(50)46-36(44(52)53-3)22-27-10-12-28(13-11-27)29-14-18-34(45)19-15-29/h5-21,23,25,36-37,39,41,49H,4,22,24,26H2,1-3H3,(H,46,50)/t36-,37-,39-,41+/m0/s1. The number of methoxy groups -OCH3 is 1. The molecule has 5 aromatic carbocycles. The first-order valence-electron chi connectivity index (χ1n) is 18.1. The number of ether oxygens (including phenoxy) is 2. The average molecular weight is 728 g/mol. The molecule has 0 spiro atoms. The molecule has 2 heterocycles. The quantitative estimate of drug-likeness (QED) is 0.148. The molecule has 10 heteroatoms. The van der Waals surface area contributed by atoms with Gasteiger partial charge in [0, 0.05) is 31.6 Å². The molecule has 0 radical (unpaired) electrons. The molecule has 2 amide bonds. The highest BCUT2D eigenvalue weighted by Gasteiger charge is 2.40. The highest BCUT2D eigenvalue weighted by Crippen LogP contribution is 2.43. The van der Waals surface area contributed by atoms with Crippen LogP contribution in [0.5, 0.6) is 11.5 Å². The summed E-state index contributed by atoms with van der Waals surface area (Å²) >= 11 is 0. The molecule has 2 aliphatic rings. The van der Waals surface area contributed by atoms with E-state index in [1.807, 2.05) is 54.6 Å². The number of amides is 2. The number of carbonyl (C=O) groups is 3. The van der Waals surface area contributed by atoms with Gasteiger partial charge in [0.1, 0.15) is 23.4 Å². The van der Waals surface area contributed by atoms with E-state index in [0.717, 1.165) is 39.8 Å². The van der Waals surface area contributed by atoms with Crippen LogP contribution in [0.3, 0.4) is 0 Å². The molecule has 0 aliphatic carbocycles. The molecule has 2 N–H and O–H groups in total. The van der Waals surface area contributed by atoms with Gasteiger partial charge in [-0.2, -0.15) is 0 Å². The fourth-order valence-electron chi connectivity index (χ4n) is 7.53. The van der Waals surface area contributed by atoms with E-state index in [1.54, 1.807) is 36.2 Å². The highest BCUT2D eigenvalue weighted by atomic mass is 19.1. The van der Waals surface area contributed by atoms with Gasteiger partial charge in [0.2, 0.25) is 12.0 Å². The van der Waals surface area contributed by atoms with Crippen LogP contribution in [0.25, 0.3) is 11.1 Å². The maximum atomic E-state index is 14.5. The van der Waals surface area contributed by atoms with E-state index in [-0.39, 0.29) is 35.8 Å². The van der Waals surface area contributed by atoms with E-state index in [9.17, 15) is 23.9 Å².